The molecule has 0 spiro atoms. The Kier molecular flexibility index (Phi) is 2.86. The normalized spacial score (nSPS) is 24.3. The SMILES string of the molecule is CC1CCC(Nc2nc3ccc(N)cc3[nH]2)CC1. The summed E-state index contributed by atoms with van der Waals surface area (Å²) in [5, 5.41) is 3.50. The van der Waals surface area contributed by atoms with E-state index in [0.717, 1.165) is 28.6 Å². The number of imidazole rings is 1. The summed E-state index contributed by atoms with van der Waals surface area (Å²) in [6.07, 6.45) is 5.09. The van der Waals surface area contributed by atoms with Gasteiger partial charge in [0.25, 0.3) is 0 Å². The molecule has 0 atom stereocenters. The third kappa shape index (κ3) is 2.28. The van der Waals surface area contributed by atoms with Gasteiger partial charge in [0.15, 0.2) is 0 Å². The topological polar surface area (TPSA) is 66.7 Å². The molecule has 4 N–H and O–H groups in total. The Morgan fingerprint density at radius 3 is 2.83 bits per heavy atom. The number of H-pyrrole nitrogens is 1. The van der Waals surface area contributed by atoms with Crippen molar-refractivity contribution in [1.82, 2.24) is 9.97 Å². The van der Waals surface area contributed by atoms with Crippen LogP contribution in [0.3, 0.4) is 0 Å². The number of hydrogen-bond donors (Lipinski definition) is 3. The monoisotopic (exact) mass is 244 g/mol. The predicted molar refractivity (Wildman–Crippen MR) is 75.5 cm³/mol. The van der Waals surface area contributed by atoms with E-state index in [4.69, 9.17) is 5.73 Å². The molecular weight excluding hydrogens is 224 g/mol. The Morgan fingerprint density at radius 2 is 2.06 bits per heavy atom. The van der Waals surface area contributed by atoms with Crippen molar-refractivity contribution >= 4 is 22.7 Å². The molecule has 2 aromatic rings. The molecule has 0 unspecified atom stereocenters. The Balaban J connectivity index is 1.74. The van der Waals surface area contributed by atoms with E-state index in [1.165, 1.54) is 25.7 Å². The van der Waals surface area contributed by atoms with Gasteiger partial charge in [-0.1, -0.05) is 6.92 Å². The fourth-order valence-electron chi connectivity index (χ4n) is 2.69. The van der Waals surface area contributed by atoms with Crippen LogP contribution >= 0.6 is 0 Å². The summed E-state index contributed by atoms with van der Waals surface area (Å²) in [5.74, 6) is 1.74. The first kappa shape index (κ1) is 11.4. The molecule has 0 radical (unpaired) electrons. The maximum Gasteiger partial charge on any atom is 0.201 e. The minimum Gasteiger partial charge on any atom is -0.399 e. The standard InChI is InChI=1S/C14H20N4/c1-9-2-5-11(6-3-9)16-14-17-12-7-4-10(15)8-13(12)18-14/h4,7-9,11H,2-3,5-6,15H2,1H3,(H2,16,17,18). The lowest BCUT2D eigenvalue weighted by Gasteiger charge is -2.26. The Hall–Kier alpha value is -1.71. The molecule has 18 heavy (non-hydrogen) atoms. The molecule has 1 aromatic carbocycles. The van der Waals surface area contributed by atoms with Crippen molar-refractivity contribution in [3.05, 3.63) is 18.2 Å². The van der Waals surface area contributed by atoms with E-state index in [-0.39, 0.29) is 0 Å². The predicted octanol–water partition coefficient (Wildman–Crippen LogP) is 3.14. The van der Waals surface area contributed by atoms with Crippen molar-refractivity contribution < 1.29 is 0 Å². The largest absolute Gasteiger partial charge is 0.399 e. The van der Waals surface area contributed by atoms with Crippen LogP contribution in [0.4, 0.5) is 11.6 Å². The zero-order valence-electron chi connectivity index (χ0n) is 10.7. The summed E-state index contributed by atoms with van der Waals surface area (Å²) in [4.78, 5) is 7.84. The molecule has 4 nitrogen and oxygen atoms in total. The Labute approximate surface area is 107 Å². The van der Waals surface area contributed by atoms with E-state index in [1.807, 2.05) is 18.2 Å². The summed E-state index contributed by atoms with van der Waals surface area (Å²) in [6, 6.07) is 6.32. The number of nitrogen functional groups attached to an aromatic ring is 1. The van der Waals surface area contributed by atoms with Gasteiger partial charge in [0.05, 0.1) is 11.0 Å². The van der Waals surface area contributed by atoms with Gasteiger partial charge in [-0.2, -0.15) is 0 Å². The highest BCUT2D eigenvalue weighted by Crippen LogP contribution is 2.26. The van der Waals surface area contributed by atoms with Gasteiger partial charge < -0.3 is 16.0 Å². The highest BCUT2D eigenvalue weighted by molar-refractivity contribution is 5.80. The first-order chi connectivity index (χ1) is 8.70. The number of nitrogens with one attached hydrogen (secondary N) is 2. The highest BCUT2D eigenvalue weighted by Gasteiger charge is 2.18. The van der Waals surface area contributed by atoms with Crippen LogP contribution in [0.5, 0.6) is 0 Å². The first-order valence-electron chi connectivity index (χ1n) is 6.72. The summed E-state index contributed by atoms with van der Waals surface area (Å²) in [6.45, 7) is 2.33. The number of anilines is 2. The Bertz CT molecular complexity index is 538. The summed E-state index contributed by atoms with van der Waals surface area (Å²) < 4.78 is 0. The van der Waals surface area contributed by atoms with Crippen LogP contribution < -0.4 is 11.1 Å². The fraction of sp³-hybridized carbons (Fsp3) is 0.500. The van der Waals surface area contributed by atoms with Crippen molar-refractivity contribution in [2.45, 2.75) is 38.6 Å². The summed E-state index contributed by atoms with van der Waals surface area (Å²) in [7, 11) is 0. The van der Waals surface area contributed by atoms with Crippen molar-refractivity contribution in [3.63, 3.8) is 0 Å². The van der Waals surface area contributed by atoms with Crippen molar-refractivity contribution in [3.8, 4) is 0 Å². The number of rotatable bonds is 2. The third-order valence-electron chi connectivity index (χ3n) is 3.86. The van der Waals surface area contributed by atoms with Gasteiger partial charge in [-0.3, -0.25) is 0 Å². The van der Waals surface area contributed by atoms with Gasteiger partial charge in [-0.25, -0.2) is 4.98 Å². The number of benzene rings is 1. The van der Waals surface area contributed by atoms with Crippen molar-refractivity contribution in [2.75, 3.05) is 11.1 Å². The van der Waals surface area contributed by atoms with Gasteiger partial charge in [0.1, 0.15) is 0 Å². The van der Waals surface area contributed by atoms with Crippen LogP contribution in [0.15, 0.2) is 18.2 Å². The fourth-order valence-corrected chi connectivity index (χ4v) is 2.69. The molecule has 1 heterocycles. The second-order valence-corrected chi connectivity index (χ2v) is 5.46. The van der Waals surface area contributed by atoms with E-state index in [1.54, 1.807) is 0 Å². The average molecular weight is 244 g/mol. The lowest BCUT2D eigenvalue weighted by atomic mass is 9.87. The lowest BCUT2D eigenvalue weighted by molar-refractivity contribution is 0.360. The molecule has 0 bridgehead atoms. The number of nitrogens with two attached hydrogens (primary N) is 1. The average Bonchev–Trinajstić information content (AvgIpc) is 2.73. The number of hydrogen-bond acceptors (Lipinski definition) is 3. The maximum atomic E-state index is 5.76. The molecule has 1 fully saturated rings. The molecule has 3 rings (SSSR count). The Morgan fingerprint density at radius 1 is 1.28 bits per heavy atom. The number of aromatic amines is 1. The van der Waals surface area contributed by atoms with Crippen LogP contribution in [0, 0.1) is 5.92 Å². The van der Waals surface area contributed by atoms with Crippen LogP contribution in [0.1, 0.15) is 32.6 Å². The van der Waals surface area contributed by atoms with E-state index in [0.29, 0.717) is 6.04 Å². The van der Waals surface area contributed by atoms with E-state index in [9.17, 15) is 0 Å². The van der Waals surface area contributed by atoms with Gasteiger partial charge >= 0.3 is 0 Å². The molecule has 0 amide bonds. The molecule has 1 saturated carbocycles. The van der Waals surface area contributed by atoms with Gasteiger partial charge in [0.2, 0.25) is 5.95 Å². The van der Waals surface area contributed by atoms with Crippen LogP contribution in [0.2, 0.25) is 0 Å². The number of aromatic nitrogens is 2. The molecule has 1 aromatic heterocycles. The maximum absolute atomic E-state index is 5.76. The van der Waals surface area contributed by atoms with Crippen LogP contribution in [-0.2, 0) is 0 Å². The molecule has 0 aliphatic heterocycles. The number of nitrogens with zero attached hydrogens (tertiary/aromatic N) is 1. The highest BCUT2D eigenvalue weighted by atomic mass is 15.1. The molecule has 4 heteroatoms. The summed E-state index contributed by atoms with van der Waals surface area (Å²) >= 11 is 0. The first-order valence-corrected chi connectivity index (χ1v) is 6.72. The lowest BCUT2D eigenvalue weighted by Crippen LogP contribution is -2.25. The quantitative estimate of drug-likeness (QED) is 0.711. The van der Waals surface area contributed by atoms with Gasteiger partial charge in [-0.15, -0.1) is 0 Å². The zero-order valence-corrected chi connectivity index (χ0v) is 10.7. The third-order valence-corrected chi connectivity index (χ3v) is 3.86. The van der Waals surface area contributed by atoms with Gasteiger partial charge in [-0.05, 0) is 49.8 Å². The summed E-state index contributed by atoms with van der Waals surface area (Å²) in [5.41, 5.74) is 8.50. The minimum absolute atomic E-state index is 0.555. The molecule has 1 aliphatic carbocycles. The molecule has 96 valence electrons. The van der Waals surface area contributed by atoms with E-state index < -0.39 is 0 Å². The van der Waals surface area contributed by atoms with Crippen LogP contribution in [0.25, 0.3) is 11.0 Å². The zero-order chi connectivity index (χ0) is 12.5. The smallest absolute Gasteiger partial charge is 0.201 e. The van der Waals surface area contributed by atoms with E-state index in [2.05, 4.69) is 22.2 Å². The number of fused-ring (bicyclic) bond motifs is 1. The second kappa shape index (κ2) is 4.52. The minimum atomic E-state index is 0.555. The van der Waals surface area contributed by atoms with Crippen molar-refractivity contribution in [1.29, 1.82) is 0 Å². The molecular formula is C14H20N4. The second-order valence-electron chi connectivity index (χ2n) is 5.46. The van der Waals surface area contributed by atoms with Crippen LogP contribution in [-0.4, -0.2) is 16.0 Å². The van der Waals surface area contributed by atoms with E-state index >= 15 is 0 Å². The molecule has 0 saturated heterocycles. The van der Waals surface area contributed by atoms with Crippen molar-refractivity contribution in [2.24, 2.45) is 5.92 Å². The molecule has 1 aliphatic rings. The van der Waals surface area contributed by atoms with Gasteiger partial charge in [0, 0.05) is 11.7 Å².